The summed E-state index contributed by atoms with van der Waals surface area (Å²) < 4.78 is 1.81. The average molecular weight is 336 g/mol. The number of rotatable bonds is 3. The van der Waals surface area contributed by atoms with Gasteiger partial charge in [-0.05, 0) is 37.3 Å². The molecule has 4 aromatic rings. The number of nitrogens with one attached hydrogen (secondary N) is 1. The fourth-order valence-corrected chi connectivity index (χ4v) is 2.71. The summed E-state index contributed by atoms with van der Waals surface area (Å²) in [6.07, 6.45) is 3.30. The Hall–Kier alpha value is -2.92. The maximum absolute atomic E-state index is 6.04. The summed E-state index contributed by atoms with van der Waals surface area (Å²) in [5, 5.41) is 9.25. The van der Waals surface area contributed by atoms with Crippen molar-refractivity contribution in [2.24, 2.45) is 0 Å². The molecule has 5 nitrogen and oxygen atoms in total. The zero-order valence-electron chi connectivity index (χ0n) is 12.9. The molecule has 2 heterocycles. The van der Waals surface area contributed by atoms with Crippen molar-refractivity contribution in [1.82, 2.24) is 19.7 Å². The number of fused-ring (bicyclic) bond motifs is 1. The van der Waals surface area contributed by atoms with Gasteiger partial charge in [-0.15, -0.1) is 0 Å². The van der Waals surface area contributed by atoms with E-state index in [-0.39, 0.29) is 0 Å². The topological polar surface area (TPSA) is 55.6 Å². The predicted molar refractivity (Wildman–Crippen MR) is 96.1 cm³/mol. The molecule has 4 rings (SSSR count). The fourth-order valence-electron chi connectivity index (χ4n) is 2.52. The molecule has 0 atom stereocenters. The first-order valence-corrected chi connectivity index (χ1v) is 7.87. The van der Waals surface area contributed by atoms with Gasteiger partial charge in [-0.25, -0.2) is 14.6 Å². The molecular weight excluding hydrogens is 322 g/mol. The molecule has 0 radical (unpaired) electrons. The predicted octanol–water partition coefficient (Wildman–Crippen LogP) is 4.52. The lowest BCUT2D eigenvalue weighted by atomic mass is 10.2. The Morgan fingerprint density at radius 3 is 2.67 bits per heavy atom. The second-order valence-electron chi connectivity index (χ2n) is 5.49. The van der Waals surface area contributed by atoms with Crippen LogP contribution in [0.3, 0.4) is 0 Å². The minimum Gasteiger partial charge on any atom is -0.339 e. The largest absolute Gasteiger partial charge is 0.339 e. The Morgan fingerprint density at radius 1 is 1.04 bits per heavy atom. The van der Waals surface area contributed by atoms with Crippen molar-refractivity contribution in [1.29, 1.82) is 0 Å². The maximum atomic E-state index is 6.04. The average Bonchev–Trinajstić information content (AvgIpc) is 3.01. The normalized spacial score (nSPS) is 10.9. The van der Waals surface area contributed by atoms with Crippen LogP contribution in [0.15, 0.2) is 61.1 Å². The first kappa shape index (κ1) is 14.7. The van der Waals surface area contributed by atoms with E-state index in [1.54, 1.807) is 10.9 Å². The van der Waals surface area contributed by atoms with Gasteiger partial charge in [0.05, 0.1) is 17.3 Å². The third kappa shape index (κ3) is 2.70. The van der Waals surface area contributed by atoms with E-state index >= 15 is 0 Å². The van der Waals surface area contributed by atoms with Crippen molar-refractivity contribution < 1.29 is 0 Å². The lowest BCUT2D eigenvalue weighted by Gasteiger charge is -2.07. The van der Waals surface area contributed by atoms with Crippen molar-refractivity contribution in [3.05, 3.63) is 71.6 Å². The van der Waals surface area contributed by atoms with E-state index in [9.17, 15) is 0 Å². The van der Waals surface area contributed by atoms with Crippen molar-refractivity contribution >= 4 is 34.1 Å². The van der Waals surface area contributed by atoms with Crippen LogP contribution in [0.25, 0.3) is 16.7 Å². The molecule has 1 N–H and O–H groups in total. The second-order valence-corrected chi connectivity index (χ2v) is 5.92. The molecule has 0 fully saturated rings. The summed E-state index contributed by atoms with van der Waals surface area (Å²) in [4.78, 5) is 8.72. The summed E-state index contributed by atoms with van der Waals surface area (Å²) in [5.74, 6) is 0.695. The number of nitrogens with zero attached hydrogens (tertiary/aromatic N) is 4. The zero-order valence-corrected chi connectivity index (χ0v) is 13.7. The molecular formula is C18H14ClN5. The molecule has 0 aliphatic heterocycles. The van der Waals surface area contributed by atoms with E-state index in [1.807, 2.05) is 36.4 Å². The Kier molecular flexibility index (Phi) is 3.63. The molecule has 118 valence electrons. The number of aryl methyl sites for hydroxylation is 1. The third-order valence-electron chi connectivity index (χ3n) is 3.73. The van der Waals surface area contributed by atoms with Crippen LogP contribution < -0.4 is 5.32 Å². The number of hydrogen-bond acceptors (Lipinski definition) is 4. The van der Waals surface area contributed by atoms with Crippen LogP contribution in [0.2, 0.25) is 5.02 Å². The van der Waals surface area contributed by atoms with Gasteiger partial charge in [0.25, 0.3) is 0 Å². The van der Waals surface area contributed by atoms with E-state index in [0.717, 1.165) is 22.4 Å². The first-order valence-electron chi connectivity index (χ1n) is 7.49. The molecule has 0 saturated carbocycles. The number of aromatic nitrogens is 4. The van der Waals surface area contributed by atoms with E-state index in [0.29, 0.717) is 10.8 Å². The Labute approximate surface area is 143 Å². The molecule has 0 aliphatic carbocycles. The van der Waals surface area contributed by atoms with Crippen LogP contribution in [0.1, 0.15) is 5.56 Å². The lowest BCUT2D eigenvalue weighted by Crippen LogP contribution is -1.99. The smallest absolute Gasteiger partial charge is 0.168 e. The van der Waals surface area contributed by atoms with Gasteiger partial charge in [0, 0.05) is 10.7 Å². The molecule has 0 bridgehead atoms. The lowest BCUT2D eigenvalue weighted by molar-refractivity contribution is 0.894. The molecule has 24 heavy (non-hydrogen) atoms. The SMILES string of the molecule is Cc1ccc(-n2ncc3c(Nc4cccc(Cl)c4)ncnc32)cc1. The Bertz CT molecular complexity index is 1010. The number of halogens is 1. The van der Waals surface area contributed by atoms with Gasteiger partial charge in [0.1, 0.15) is 12.1 Å². The van der Waals surface area contributed by atoms with E-state index in [1.165, 1.54) is 11.9 Å². The molecule has 6 heteroatoms. The first-order chi connectivity index (χ1) is 11.7. The highest BCUT2D eigenvalue weighted by Crippen LogP contribution is 2.25. The standard InChI is InChI=1S/C18H14ClN5/c1-12-5-7-15(8-6-12)24-18-16(10-22-24)17(20-11-21-18)23-14-4-2-3-13(19)9-14/h2-11H,1H3,(H,20,21,23). The van der Waals surface area contributed by atoms with Gasteiger partial charge in [0.15, 0.2) is 5.65 Å². The molecule has 2 aromatic heterocycles. The molecule has 0 saturated heterocycles. The monoisotopic (exact) mass is 335 g/mol. The summed E-state index contributed by atoms with van der Waals surface area (Å²) >= 11 is 6.04. The number of hydrogen-bond donors (Lipinski definition) is 1. The highest BCUT2D eigenvalue weighted by Gasteiger charge is 2.11. The molecule has 0 aliphatic rings. The summed E-state index contributed by atoms with van der Waals surface area (Å²) in [7, 11) is 0. The van der Waals surface area contributed by atoms with Crippen molar-refractivity contribution in [2.45, 2.75) is 6.92 Å². The van der Waals surface area contributed by atoms with Gasteiger partial charge in [-0.2, -0.15) is 5.10 Å². The molecule has 0 unspecified atom stereocenters. The van der Waals surface area contributed by atoms with E-state index in [4.69, 9.17) is 11.6 Å². The van der Waals surface area contributed by atoms with Crippen molar-refractivity contribution in [2.75, 3.05) is 5.32 Å². The maximum Gasteiger partial charge on any atom is 0.168 e. The third-order valence-corrected chi connectivity index (χ3v) is 3.97. The van der Waals surface area contributed by atoms with Gasteiger partial charge in [0.2, 0.25) is 0 Å². The van der Waals surface area contributed by atoms with Crippen molar-refractivity contribution in [3.63, 3.8) is 0 Å². The number of anilines is 2. The zero-order chi connectivity index (χ0) is 16.5. The highest BCUT2D eigenvalue weighted by molar-refractivity contribution is 6.30. The van der Waals surface area contributed by atoms with Gasteiger partial charge >= 0.3 is 0 Å². The summed E-state index contributed by atoms with van der Waals surface area (Å²) in [5.41, 5.74) is 3.78. The van der Waals surface area contributed by atoms with Crippen LogP contribution in [0.4, 0.5) is 11.5 Å². The van der Waals surface area contributed by atoms with E-state index in [2.05, 4.69) is 39.4 Å². The van der Waals surface area contributed by atoms with Crippen LogP contribution in [-0.2, 0) is 0 Å². The Balaban J connectivity index is 1.77. The summed E-state index contributed by atoms with van der Waals surface area (Å²) in [6, 6.07) is 15.6. The van der Waals surface area contributed by atoms with E-state index < -0.39 is 0 Å². The van der Waals surface area contributed by atoms with Gasteiger partial charge < -0.3 is 5.32 Å². The minimum absolute atomic E-state index is 0.667. The van der Waals surface area contributed by atoms with Crippen molar-refractivity contribution in [3.8, 4) is 5.69 Å². The molecule has 2 aromatic carbocycles. The second kappa shape index (κ2) is 5.94. The fraction of sp³-hybridized carbons (Fsp3) is 0.0556. The van der Waals surface area contributed by atoms with Crippen LogP contribution in [0, 0.1) is 6.92 Å². The quantitative estimate of drug-likeness (QED) is 0.598. The Morgan fingerprint density at radius 2 is 1.88 bits per heavy atom. The van der Waals surface area contributed by atoms with Gasteiger partial charge in [-0.1, -0.05) is 35.4 Å². The van der Waals surface area contributed by atoms with Crippen LogP contribution in [-0.4, -0.2) is 19.7 Å². The highest BCUT2D eigenvalue weighted by atomic mass is 35.5. The van der Waals surface area contributed by atoms with Gasteiger partial charge in [-0.3, -0.25) is 0 Å². The summed E-state index contributed by atoms with van der Waals surface area (Å²) in [6.45, 7) is 2.06. The van der Waals surface area contributed by atoms with Crippen LogP contribution in [0.5, 0.6) is 0 Å². The number of benzene rings is 2. The van der Waals surface area contributed by atoms with Crippen LogP contribution >= 0.6 is 11.6 Å². The minimum atomic E-state index is 0.667. The molecule has 0 amide bonds. The molecule has 0 spiro atoms.